The molecule has 1 fully saturated rings. The van der Waals surface area contributed by atoms with Crippen LogP contribution < -0.4 is 10.6 Å². The van der Waals surface area contributed by atoms with Crippen LogP contribution >= 0.6 is 12.4 Å². The lowest BCUT2D eigenvalue weighted by Crippen LogP contribution is -2.26. The largest absolute Gasteiger partial charge is 0.323 e. The van der Waals surface area contributed by atoms with E-state index in [0.29, 0.717) is 24.6 Å². The first-order chi connectivity index (χ1) is 9.16. The normalized spacial score (nSPS) is 18.7. The number of hydrogen-bond donors (Lipinski definition) is 2. The number of carbonyl (C=O) groups is 1. The number of hydrogen-bond acceptors (Lipinski definition) is 2. The molecule has 1 aliphatic heterocycles. The Morgan fingerprint density at radius 1 is 1.45 bits per heavy atom. The van der Waals surface area contributed by atoms with Crippen LogP contribution in [0.25, 0.3) is 0 Å². The van der Waals surface area contributed by atoms with Crippen molar-refractivity contribution in [3.63, 3.8) is 0 Å². The van der Waals surface area contributed by atoms with E-state index < -0.39 is 0 Å². The quantitative estimate of drug-likeness (QED) is 0.901. The van der Waals surface area contributed by atoms with Crippen molar-refractivity contribution in [3.8, 4) is 0 Å². The van der Waals surface area contributed by atoms with Gasteiger partial charge in [0.1, 0.15) is 5.82 Å². The van der Waals surface area contributed by atoms with E-state index in [1.54, 1.807) is 6.07 Å². The van der Waals surface area contributed by atoms with E-state index in [2.05, 4.69) is 10.6 Å². The summed E-state index contributed by atoms with van der Waals surface area (Å²) in [5.41, 5.74) is 2.07. The van der Waals surface area contributed by atoms with E-state index in [0.717, 1.165) is 30.5 Å². The Morgan fingerprint density at radius 3 is 2.90 bits per heavy atom. The number of rotatable bonds is 3. The maximum absolute atomic E-state index is 14.4. The standard InChI is InChI=1S/C15H19FN2O.ClH/c1-9(10-2-3-10)15(19)18-13-5-4-11-8-17-7-6-12(11)14(13)16;/h4-5,9-10,17H,2-3,6-8H2,1H3,(H,18,19);1H. The topological polar surface area (TPSA) is 41.1 Å². The van der Waals surface area contributed by atoms with Crippen LogP contribution in [0.1, 0.15) is 30.9 Å². The molecule has 0 bridgehead atoms. The average Bonchev–Trinajstić information content (AvgIpc) is 3.26. The fourth-order valence-corrected chi connectivity index (χ4v) is 2.69. The molecule has 1 atom stereocenters. The van der Waals surface area contributed by atoms with Crippen LogP contribution in [0, 0.1) is 17.7 Å². The van der Waals surface area contributed by atoms with Crippen LogP contribution in [0.3, 0.4) is 0 Å². The van der Waals surface area contributed by atoms with Crippen molar-refractivity contribution < 1.29 is 9.18 Å². The van der Waals surface area contributed by atoms with Crippen molar-refractivity contribution in [2.75, 3.05) is 11.9 Å². The van der Waals surface area contributed by atoms with Crippen LogP contribution in [-0.2, 0) is 17.8 Å². The average molecular weight is 299 g/mol. The molecular weight excluding hydrogens is 279 g/mol. The van der Waals surface area contributed by atoms with Crippen LogP contribution in [0.4, 0.5) is 10.1 Å². The third kappa shape index (κ3) is 2.96. The molecule has 1 aromatic rings. The fraction of sp³-hybridized carbons (Fsp3) is 0.533. The van der Waals surface area contributed by atoms with Gasteiger partial charge in [0.15, 0.2) is 0 Å². The lowest BCUT2D eigenvalue weighted by atomic mass is 9.99. The number of nitrogens with one attached hydrogen (secondary N) is 2. The predicted molar refractivity (Wildman–Crippen MR) is 79.6 cm³/mol. The number of fused-ring (bicyclic) bond motifs is 1. The molecule has 1 unspecified atom stereocenters. The van der Waals surface area contributed by atoms with Crippen LogP contribution in [0.5, 0.6) is 0 Å². The lowest BCUT2D eigenvalue weighted by Gasteiger charge is -2.20. The van der Waals surface area contributed by atoms with Gasteiger partial charge in [-0.1, -0.05) is 13.0 Å². The molecular formula is C15H20ClFN2O. The number of carbonyl (C=O) groups excluding carboxylic acids is 1. The van der Waals surface area contributed by atoms with Crippen molar-refractivity contribution >= 4 is 24.0 Å². The van der Waals surface area contributed by atoms with Gasteiger partial charge in [0.2, 0.25) is 5.91 Å². The summed E-state index contributed by atoms with van der Waals surface area (Å²) < 4.78 is 14.4. The highest BCUT2D eigenvalue weighted by molar-refractivity contribution is 5.93. The van der Waals surface area contributed by atoms with E-state index in [-0.39, 0.29) is 30.0 Å². The molecule has 1 saturated carbocycles. The van der Waals surface area contributed by atoms with Crippen molar-refractivity contribution in [1.82, 2.24) is 5.32 Å². The molecule has 3 rings (SSSR count). The Kier molecular flexibility index (Phi) is 4.66. The van der Waals surface area contributed by atoms with Gasteiger partial charge in [-0.25, -0.2) is 4.39 Å². The summed E-state index contributed by atoms with van der Waals surface area (Å²) in [6.45, 7) is 3.42. The molecule has 0 spiro atoms. The molecule has 1 aliphatic carbocycles. The Bertz CT molecular complexity index is 517. The van der Waals surface area contributed by atoms with Gasteiger partial charge in [0, 0.05) is 12.5 Å². The van der Waals surface area contributed by atoms with Crippen molar-refractivity contribution in [2.24, 2.45) is 11.8 Å². The summed E-state index contributed by atoms with van der Waals surface area (Å²) in [5.74, 6) is 0.160. The summed E-state index contributed by atoms with van der Waals surface area (Å²) in [5, 5.41) is 5.96. The zero-order valence-corrected chi connectivity index (χ0v) is 12.4. The zero-order valence-electron chi connectivity index (χ0n) is 11.5. The Balaban J connectivity index is 0.00000147. The van der Waals surface area contributed by atoms with Crippen LogP contribution in [0.2, 0.25) is 0 Å². The summed E-state index contributed by atoms with van der Waals surface area (Å²) in [4.78, 5) is 12.0. The molecule has 3 nitrogen and oxygen atoms in total. The van der Waals surface area contributed by atoms with Crippen molar-refractivity contribution in [1.29, 1.82) is 0 Å². The molecule has 1 heterocycles. The highest BCUT2D eigenvalue weighted by Gasteiger charge is 2.33. The van der Waals surface area contributed by atoms with Crippen LogP contribution in [-0.4, -0.2) is 12.5 Å². The highest BCUT2D eigenvalue weighted by atomic mass is 35.5. The number of anilines is 1. The van der Waals surface area contributed by atoms with Gasteiger partial charge in [-0.2, -0.15) is 0 Å². The van der Waals surface area contributed by atoms with Gasteiger partial charge in [0.25, 0.3) is 0 Å². The van der Waals surface area contributed by atoms with E-state index in [1.165, 1.54) is 0 Å². The lowest BCUT2D eigenvalue weighted by molar-refractivity contribution is -0.119. The van der Waals surface area contributed by atoms with Gasteiger partial charge in [-0.15, -0.1) is 12.4 Å². The zero-order chi connectivity index (χ0) is 13.4. The molecule has 1 aromatic carbocycles. The van der Waals surface area contributed by atoms with E-state index in [9.17, 15) is 9.18 Å². The second-order valence-electron chi connectivity index (χ2n) is 5.61. The molecule has 2 N–H and O–H groups in total. The third-order valence-corrected chi connectivity index (χ3v) is 4.21. The number of amides is 1. The molecule has 2 aliphatic rings. The van der Waals surface area contributed by atoms with Gasteiger partial charge in [-0.05, 0) is 48.9 Å². The number of benzene rings is 1. The second-order valence-corrected chi connectivity index (χ2v) is 5.61. The van der Waals surface area contributed by atoms with Crippen molar-refractivity contribution in [2.45, 2.75) is 32.7 Å². The molecule has 5 heteroatoms. The summed E-state index contributed by atoms with van der Waals surface area (Å²) in [7, 11) is 0. The molecule has 110 valence electrons. The summed E-state index contributed by atoms with van der Waals surface area (Å²) in [6.07, 6.45) is 2.92. The van der Waals surface area contributed by atoms with Gasteiger partial charge < -0.3 is 10.6 Å². The van der Waals surface area contributed by atoms with Crippen LogP contribution in [0.15, 0.2) is 12.1 Å². The summed E-state index contributed by atoms with van der Waals surface area (Å²) in [6, 6.07) is 3.58. The molecule has 0 saturated heterocycles. The first-order valence-corrected chi connectivity index (χ1v) is 6.98. The predicted octanol–water partition coefficient (Wildman–Crippen LogP) is 2.88. The maximum atomic E-state index is 14.4. The maximum Gasteiger partial charge on any atom is 0.227 e. The first-order valence-electron chi connectivity index (χ1n) is 6.98. The van der Waals surface area contributed by atoms with E-state index >= 15 is 0 Å². The monoisotopic (exact) mass is 298 g/mol. The minimum Gasteiger partial charge on any atom is -0.323 e. The second kappa shape index (κ2) is 6.10. The van der Waals surface area contributed by atoms with Gasteiger partial charge in [0.05, 0.1) is 5.69 Å². The van der Waals surface area contributed by atoms with Gasteiger partial charge in [-0.3, -0.25) is 4.79 Å². The third-order valence-electron chi connectivity index (χ3n) is 4.21. The smallest absolute Gasteiger partial charge is 0.227 e. The minimum atomic E-state index is -0.254. The minimum absolute atomic E-state index is 0. The SMILES string of the molecule is CC(C(=O)Nc1ccc2c(c1F)CCNC2)C1CC1.Cl. The molecule has 0 radical (unpaired) electrons. The van der Waals surface area contributed by atoms with Gasteiger partial charge >= 0.3 is 0 Å². The fourth-order valence-electron chi connectivity index (χ4n) is 2.69. The molecule has 20 heavy (non-hydrogen) atoms. The Morgan fingerprint density at radius 2 is 2.20 bits per heavy atom. The Labute approximate surface area is 124 Å². The van der Waals surface area contributed by atoms with E-state index in [1.807, 2.05) is 13.0 Å². The number of halogens is 2. The highest BCUT2D eigenvalue weighted by Crippen LogP contribution is 2.37. The van der Waals surface area contributed by atoms with E-state index in [4.69, 9.17) is 0 Å². The molecule has 0 aromatic heterocycles. The van der Waals surface area contributed by atoms with Crippen molar-refractivity contribution in [3.05, 3.63) is 29.1 Å². The first kappa shape index (κ1) is 15.3. The Hall–Kier alpha value is -1.13. The molecule has 1 amide bonds. The summed E-state index contributed by atoms with van der Waals surface area (Å²) >= 11 is 0.